The number of hydrogen-bond acceptors (Lipinski definition) is 2. The first-order valence-electron chi connectivity index (χ1n) is 7.12. The van der Waals surface area contributed by atoms with Crippen LogP contribution in [0.25, 0.3) is 0 Å². The molecule has 0 atom stereocenters. The van der Waals surface area contributed by atoms with Crippen LogP contribution in [0.15, 0.2) is 18.2 Å². The summed E-state index contributed by atoms with van der Waals surface area (Å²) in [5.41, 5.74) is 2.47. The van der Waals surface area contributed by atoms with Crippen LogP contribution in [-0.4, -0.2) is 20.1 Å². The summed E-state index contributed by atoms with van der Waals surface area (Å²) in [4.78, 5) is 2.43. The van der Waals surface area contributed by atoms with Crippen LogP contribution in [-0.2, 0) is 6.54 Å². The molecule has 0 amide bonds. The van der Waals surface area contributed by atoms with Gasteiger partial charge in [0.1, 0.15) is 0 Å². The second-order valence-electron chi connectivity index (χ2n) is 5.97. The molecule has 0 radical (unpaired) electrons. The van der Waals surface area contributed by atoms with Gasteiger partial charge in [-0.05, 0) is 30.5 Å². The Morgan fingerprint density at radius 3 is 2.16 bits per heavy atom. The summed E-state index contributed by atoms with van der Waals surface area (Å²) in [6.07, 6.45) is 0. The minimum atomic E-state index is 0.623. The molecule has 2 nitrogen and oxygen atoms in total. The molecule has 0 aliphatic rings. The second kappa shape index (κ2) is 7.76. The highest BCUT2D eigenvalue weighted by atomic mass is 35.5. The summed E-state index contributed by atoms with van der Waals surface area (Å²) in [6, 6.07) is 6.18. The Kier molecular flexibility index (Phi) is 6.67. The van der Waals surface area contributed by atoms with Crippen molar-refractivity contribution in [2.24, 2.45) is 11.8 Å². The molecule has 1 aromatic carbocycles. The van der Waals surface area contributed by atoms with E-state index in [0.29, 0.717) is 11.8 Å². The van der Waals surface area contributed by atoms with E-state index in [4.69, 9.17) is 11.6 Å². The third-order valence-electron chi connectivity index (χ3n) is 2.92. The van der Waals surface area contributed by atoms with Gasteiger partial charge in [-0.15, -0.1) is 0 Å². The standard InChI is InChI=1S/C16H27ClN2/c1-12(2)10-19(11-13(3)4)16-14(9-18-5)7-6-8-15(16)17/h6-8,12-13,18H,9-11H2,1-5H3. The maximum Gasteiger partial charge on any atom is 0.0642 e. The Balaban J connectivity index is 3.11. The Morgan fingerprint density at radius 2 is 1.68 bits per heavy atom. The first-order valence-corrected chi connectivity index (χ1v) is 7.50. The van der Waals surface area contributed by atoms with Gasteiger partial charge in [-0.1, -0.05) is 51.4 Å². The van der Waals surface area contributed by atoms with Gasteiger partial charge in [-0.2, -0.15) is 0 Å². The molecule has 0 saturated heterocycles. The SMILES string of the molecule is CNCc1cccc(Cl)c1N(CC(C)C)CC(C)C. The van der Waals surface area contributed by atoms with Gasteiger partial charge in [0.25, 0.3) is 0 Å². The molecule has 0 aromatic heterocycles. The molecule has 0 saturated carbocycles. The number of halogens is 1. The summed E-state index contributed by atoms with van der Waals surface area (Å²) in [6.45, 7) is 11.9. The van der Waals surface area contributed by atoms with E-state index in [2.05, 4.69) is 44.0 Å². The number of benzene rings is 1. The zero-order valence-corrected chi connectivity index (χ0v) is 13.6. The lowest BCUT2D eigenvalue weighted by atomic mass is 10.1. The maximum absolute atomic E-state index is 6.46. The highest BCUT2D eigenvalue weighted by Crippen LogP contribution is 2.31. The summed E-state index contributed by atoms with van der Waals surface area (Å²) >= 11 is 6.46. The number of anilines is 1. The van der Waals surface area contributed by atoms with Crippen molar-refractivity contribution in [2.45, 2.75) is 34.2 Å². The second-order valence-corrected chi connectivity index (χ2v) is 6.38. The number of nitrogens with zero attached hydrogens (tertiary/aromatic N) is 1. The van der Waals surface area contributed by atoms with Crippen molar-refractivity contribution in [3.63, 3.8) is 0 Å². The summed E-state index contributed by atoms with van der Waals surface area (Å²) < 4.78 is 0. The molecule has 0 heterocycles. The Labute approximate surface area is 123 Å². The van der Waals surface area contributed by atoms with E-state index < -0.39 is 0 Å². The summed E-state index contributed by atoms with van der Waals surface area (Å²) in [5, 5.41) is 4.08. The van der Waals surface area contributed by atoms with Crippen LogP contribution in [0.4, 0.5) is 5.69 Å². The van der Waals surface area contributed by atoms with Crippen molar-refractivity contribution in [3.8, 4) is 0 Å². The molecule has 0 aliphatic heterocycles. The number of rotatable bonds is 7. The molecule has 0 fully saturated rings. The predicted molar refractivity (Wildman–Crippen MR) is 86.1 cm³/mol. The van der Waals surface area contributed by atoms with E-state index in [1.807, 2.05) is 19.2 Å². The van der Waals surface area contributed by atoms with Gasteiger partial charge in [0.15, 0.2) is 0 Å². The molecule has 1 N–H and O–H groups in total. The van der Waals surface area contributed by atoms with Crippen LogP contribution in [0.1, 0.15) is 33.3 Å². The smallest absolute Gasteiger partial charge is 0.0642 e. The fraction of sp³-hybridized carbons (Fsp3) is 0.625. The first kappa shape index (κ1) is 16.3. The molecule has 0 aliphatic carbocycles. The van der Waals surface area contributed by atoms with Gasteiger partial charge in [-0.3, -0.25) is 0 Å². The summed E-state index contributed by atoms with van der Waals surface area (Å²) in [7, 11) is 1.97. The van der Waals surface area contributed by atoms with Gasteiger partial charge in [0, 0.05) is 19.6 Å². The molecule has 0 unspecified atom stereocenters. The lowest BCUT2D eigenvalue weighted by Crippen LogP contribution is -2.32. The predicted octanol–water partition coefficient (Wildman–Crippen LogP) is 4.18. The lowest BCUT2D eigenvalue weighted by molar-refractivity contribution is 0.551. The van der Waals surface area contributed by atoms with Crippen molar-refractivity contribution >= 4 is 17.3 Å². The van der Waals surface area contributed by atoms with Crippen molar-refractivity contribution < 1.29 is 0 Å². The molecule has 1 aromatic rings. The van der Waals surface area contributed by atoms with Gasteiger partial charge < -0.3 is 10.2 Å². The van der Waals surface area contributed by atoms with E-state index in [9.17, 15) is 0 Å². The molecule has 1 rings (SSSR count). The maximum atomic E-state index is 6.46. The average Bonchev–Trinajstić information content (AvgIpc) is 2.27. The van der Waals surface area contributed by atoms with E-state index in [-0.39, 0.29) is 0 Å². The minimum Gasteiger partial charge on any atom is -0.370 e. The topological polar surface area (TPSA) is 15.3 Å². The van der Waals surface area contributed by atoms with Gasteiger partial charge in [0.2, 0.25) is 0 Å². The first-order chi connectivity index (χ1) is 8.95. The van der Waals surface area contributed by atoms with Crippen LogP contribution in [0.5, 0.6) is 0 Å². The largest absolute Gasteiger partial charge is 0.370 e. The van der Waals surface area contributed by atoms with E-state index in [1.54, 1.807) is 0 Å². The highest BCUT2D eigenvalue weighted by Gasteiger charge is 2.16. The Bertz CT molecular complexity index is 378. The van der Waals surface area contributed by atoms with Crippen molar-refractivity contribution in [1.82, 2.24) is 5.32 Å². The molecule has 0 bridgehead atoms. The van der Waals surface area contributed by atoms with E-state index in [1.165, 1.54) is 11.3 Å². The van der Waals surface area contributed by atoms with Crippen LogP contribution in [0.3, 0.4) is 0 Å². The van der Waals surface area contributed by atoms with Crippen LogP contribution in [0.2, 0.25) is 5.02 Å². The van der Waals surface area contributed by atoms with E-state index >= 15 is 0 Å². The normalized spacial score (nSPS) is 11.4. The van der Waals surface area contributed by atoms with Crippen LogP contribution < -0.4 is 10.2 Å². The van der Waals surface area contributed by atoms with Crippen molar-refractivity contribution in [3.05, 3.63) is 28.8 Å². The minimum absolute atomic E-state index is 0.623. The summed E-state index contributed by atoms with van der Waals surface area (Å²) in [5.74, 6) is 1.25. The number of nitrogens with one attached hydrogen (secondary N) is 1. The molecule has 108 valence electrons. The number of para-hydroxylation sites is 1. The average molecular weight is 283 g/mol. The van der Waals surface area contributed by atoms with Crippen LogP contribution >= 0.6 is 11.6 Å². The van der Waals surface area contributed by atoms with Crippen molar-refractivity contribution in [1.29, 1.82) is 0 Å². The molecule has 0 spiro atoms. The van der Waals surface area contributed by atoms with Gasteiger partial charge in [0.05, 0.1) is 10.7 Å². The quantitative estimate of drug-likeness (QED) is 0.807. The van der Waals surface area contributed by atoms with Gasteiger partial charge >= 0.3 is 0 Å². The van der Waals surface area contributed by atoms with Crippen molar-refractivity contribution in [2.75, 3.05) is 25.0 Å². The number of hydrogen-bond donors (Lipinski definition) is 1. The fourth-order valence-corrected chi connectivity index (χ4v) is 2.70. The Morgan fingerprint density at radius 1 is 1.11 bits per heavy atom. The third-order valence-corrected chi connectivity index (χ3v) is 3.23. The molecular formula is C16H27ClN2. The van der Waals surface area contributed by atoms with Crippen LogP contribution in [0, 0.1) is 11.8 Å². The van der Waals surface area contributed by atoms with Gasteiger partial charge in [-0.25, -0.2) is 0 Å². The monoisotopic (exact) mass is 282 g/mol. The molecule has 3 heteroatoms. The zero-order chi connectivity index (χ0) is 14.4. The molecular weight excluding hydrogens is 256 g/mol. The van der Waals surface area contributed by atoms with E-state index in [0.717, 1.165) is 24.7 Å². The fourth-order valence-electron chi connectivity index (χ4n) is 2.39. The lowest BCUT2D eigenvalue weighted by Gasteiger charge is -2.31. The molecule has 19 heavy (non-hydrogen) atoms. The highest BCUT2D eigenvalue weighted by molar-refractivity contribution is 6.33. The third kappa shape index (κ3) is 5.04. The zero-order valence-electron chi connectivity index (χ0n) is 12.8. The Hall–Kier alpha value is -0.730.